The van der Waals surface area contributed by atoms with Crippen LogP contribution in [0.15, 0.2) is 36.5 Å². The van der Waals surface area contributed by atoms with Gasteiger partial charge in [-0.2, -0.15) is 18.3 Å². The number of nitrogens with zero attached hydrogens (tertiary/aromatic N) is 3. The number of ether oxygens (including phenoxy) is 1. The third kappa shape index (κ3) is 2.87. The highest BCUT2D eigenvalue weighted by atomic mass is 19.4. The molecule has 2 N–H and O–H groups in total. The van der Waals surface area contributed by atoms with Crippen LogP contribution in [0.5, 0.6) is 0 Å². The van der Waals surface area contributed by atoms with Gasteiger partial charge in [0.05, 0.1) is 18.4 Å². The van der Waals surface area contributed by atoms with Gasteiger partial charge < -0.3 is 10.5 Å². The Morgan fingerprint density at radius 1 is 1.22 bits per heavy atom. The maximum absolute atomic E-state index is 12.9. The average molecular weight is 326 g/mol. The fourth-order valence-electron chi connectivity index (χ4n) is 2.35. The van der Waals surface area contributed by atoms with Crippen LogP contribution in [0.3, 0.4) is 0 Å². The first-order chi connectivity index (χ1) is 10.9. The normalized spacial score (nSPS) is 18.3. The summed E-state index contributed by atoms with van der Waals surface area (Å²) >= 11 is 0. The van der Waals surface area contributed by atoms with Gasteiger partial charge in [-0.25, -0.2) is 9.48 Å². The summed E-state index contributed by atoms with van der Waals surface area (Å²) in [4.78, 5) is 13.1. The second kappa shape index (κ2) is 5.58. The molecule has 0 aliphatic carbocycles. The van der Waals surface area contributed by atoms with E-state index in [-0.39, 0.29) is 18.3 Å². The highest BCUT2D eigenvalue weighted by Crippen LogP contribution is 2.31. The largest absolute Gasteiger partial charge is 0.443 e. The van der Waals surface area contributed by atoms with Crippen LogP contribution >= 0.6 is 0 Å². The predicted octanol–water partition coefficient (Wildman–Crippen LogP) is 2.17. The molecule has 1 atom stereocenters. The molecule has 1 aromatic carbocycles. The first-order valence-electron chi connectivity index (χ1n) is 6.80. The van der Waals surface area contributed by atoms with Crippen LogP contribution in [0.1, 0.15) is 5.69 Å². The van der Waals surface area contributed by atoms with Crippen molar-refractivity contribution in [3.63, 3.8) is 0 Å². The summed E-state index contributed by atoms with van der Waals surface area (Å²) < 4.78 is 44.5. The van der Waals surface area contributed by atoms with E-state index in [1.165, 1.54) is 29.2 Å². The summed E-state index contributed by atoms with van der Waals surface area (Å²) in [5, 5.41) is 3.70. The maximum Gasteiger partial charge on any atom is 0.433 e. The van der Waals surface area contributed by atoms with Crippen molar-refractivity contribution in [3.05, 3.63) is 42.2 Å². The predicted molar refractivity (Wildman–Crippen MR) is 75.2 cm³/mol. The van der Waals surface area contributed by atoms with Gasteiger partial charge in [0.25, 0.3) is 0 Å². The van der Waals surface area contributed by atoms with Gasteiger partial charge >= 0.3 is 12.3 Å². The van der Waals surface area contributed by atoms with E-state index in [1.54, 1.807) is 0 Å². The number of aromatic nitrogens is 2. The van der Waals surface area contributed by atoms with Gasteiger partial charge in [-0.15, -0.1) is 0 Å². The zero-order valence-electron chi connectivity index (χ0n) is 11.8. The topological polar surface area (TPSA) is 73.4 Å². The molecule has 0 spiro atoms. The third-order valence-electron chi connectivity index (χ3n) is 3.48. The zero-order valence-corrected chi connectivity index (χ0v) is 11.8. The van der Waals surface area contributed by atoms with Gasteiger partial charge in [0.2, 0.25) is 0 Å². The zero-order chi connectivity index (χ0) is 16.6. The number of amides is 1. The molecular weight excluding hydrogens is 313 g/mol. The van der Waals surface area contributed by atoms with Gasteiger partial charge in [-0.1, -0.05) is 0 Å². The molecule has 23 heavy (non-hydrogen) atoms. The van der Waals surface area contributed by atoms with Crippen molar-refractivity contribution in [1.82, 2.24) is 9.78 Å². The number of hydrogen-bond donors (Lipinski definition) is 1. The van der Waals surface area contributed by atoms with Crippen LogP contribution in [0.25, 0.3) is 5.69 Å². The molecule has 1 aromatic heterocycles. The Morgan fingerprint density at radius 2 is 1.87 bits per heavy atom. The average Bonchev–Trinajstić information content (AvgIpc) is 3.13. The second-order valence-corrected chi connectivity index (χ2v) is 4.99. The number of benzene rings is 1. The molecular formula is C14H13F3N4O2. The van der Waals surface area contributed by atoms with E-state index in [4.69, 9.17) is 10.5 Å². The lowest BCUT2D eigenvalue weighted by molar-refractivity contribution is -0.142. The van der Waals surface area contributed by atoms with E-state index in [1.807, 2.05) is 0 Å². The summed E-state index contributed by atoms with van der Waals surface area (Å²) in [5.41, 5.74) is 5.36. The molecule has 1 saturated heterocycles. The Bertz CT molecular complexity index is 712. The Hall–Kier alpha value is -2.55. The molecule has 2 heterocycles. The highest BCUT2D eigenvalue weighted by molar-refractivity contribution is 5.89. The van der Waals surface area contributed by atoms with Crippen molar-refractivity contribution in [2.45, 2.75) is 12.3 Å². The molecule has 1 fully saturated rings. The molecule has 122 valence electrons. The van der Waals surface area contributed by atoms with Crippen LogP contribution in [-0.2, 0) is 10.9 Å². The molecule has 0 unspecified atom stereocenters. The minimum atomic E-state index is -4.50. The fourth-order valence-corrected chi connectivity index (χ4v) is 2.35. The van der Waals surface area contributed by atoms with Gasteiger partial charge in [0.15, 0.2) is 0 Å². The third-order valence-corrected chi connectivity index (χ3v) is 3.48. The molecule has 1 aliphatic heterocycles. The molecule has 0 radical (unpaired) electrons. The number of hydrogen-bond acceptors (Lipinski definition) is 4. The molecule has 1 amide bonds. The van der Waals surface area contributed by atoms with E-state index >= 15 is 0 Å². The minimum Gasteiger partial charge on any atom is -0.443 e. The number of anilines is 1. The SMILES string of the molecule is NC[C@H]1CN(c2ccc(-n3nccc3C(F)(F)F)cc2)C(=O)O1. The van der Waals surface area contributed by atoms with Crippen molar-refractivity contribution in [2.75, 3.05) is 18.0 Å². The molecule has 2 aromatic rings. The molecule has 1 aliphatic rings. The Labute approximate surface area is 129 Å². The summed E-state index contributed by atoms with van der Waals surface area (Å²) in [6.45, 7) is 0.521. The van der Waals surface area contributed by atoms with E-state index < -0.39 is 18.0 Å². The molecule has 0 bridgehead atoms. The van der Waals surface area contributed by atoms with Gasteiger partial charge in [-0.05, 0) is 30.3 Å². The van der Waals surface area contributed by atoms with E-state index in [2.05, 4.69) is 5.10 Å². The Morgan fingerprint density at radius 3 is 2.43 bits per heavy atom. The summed E-state index contributed by atoms with van der Waals surface area (Å²) in [6.07, 6.45) is -4.32. The first-order valence-corrected chi connectivity index (χ1v) is 6.80. The van der Waals surface area contributed by atoms with Crippen molar-refractivity contribution in [1.29, 1.82) is 0 Å². The second-order valence-electron chi connectivity index (χ2n) is 4.99. The summed E-state index contributed by atoms with van der Waals surface area (Å²) in [5.74, 6) is 0. The fraction of sp³-hybridized carbons (Fsp3) is 0.286. The van der Waals surface area contributed by atoms with Crippen LogP contribution in [0.4, 0.5) is 23.7 Å². The van der Waals surface area contributed by atoms with Crippen molar-refractivity contribution >= 4 is 11.8 Å². The molecule has 6 nitrogen and oxygen atoms in total. The lowest BCUT2D eigenvalue weighted by Crippen LogP contribution is -2.27. The quantitative estimate of drug-likeness (QED) is 0.938. The van der Waals surface area contributed by atoms with Crippen molar-refractivity contribution < 1.29 is 22.7 Å². The smallest absolute Gasteiger partial charge is 0.433 e. The van der Waals surface area contributed by atoms with Gasteiger partial charge in [0, 0.05) is 12.2 Å². The maximum atomic E-state index is 12.9. The van der Waals surface area contributed by atoms with Crippen LogP contribution in [0, 0.1) is 0 Å². The summed E-state index contributed by atoms with van der Waals surface area (Å²) in [7, 11) is 0. The van der Waals surface area contributed by atoms with Gasteiger partial charge in [-0.3, -0.25) is 4.90 Å². The number of halogens is 3. The summed E-state index contributed by atoms with van der Waals surface area (Å²) in [6, 6.07) is 6.90. The lowest BCUT2D eigenvalue weighted by atomic mass is 10.2. The van der Waals surface area contributed by atoms with Crippen molar-refractivity contribution in [2.24, 2.45) is 5.73 Å². The standard InChI is InChI=1S/C14H13F3N4O2/c15-14(16,17)12-5-6-19-21(12)10-3-1-9(2-4-10)20-8-11(7-18)23-13(20)22/h1-6,11H,7-8,18H2/t11-/m0/s1. The monoisotopic (exact) mass is 326 g/mol. The Kier molecular flexibility index (Phi) is 3.72. The number of carbonyl (C=O) groups excluding carboxylic acids is 1. The number of rotatable bonds is 3. The molecule has 0 saturated carbocycles. The minimum absolute atomic E-state index is 0.211. The van der Waals surface area contributed by atoms with Crippen molar-refractivity contribution in [3.8, 4) is 5.69 Å². The Balaban J connectivity index is 1.86. The van der Waals surface area contributed by atoms with Crippen LogP contribution in [0.2, 0.25) is 0 Å². The first kappa shape index (κ1) is 15.3. The highest BCUT2D eigenvalue weighted by Gasteiger charge is 2.35. The number of cyclic esters (lactones) is 1. The lowest BCUT2D eigenvalue weighted by Gasteiger charge is -2.14. The van der Waals surface area contributed by atoms with Crippen LogP contribution < -0.4 is 10.6 Å². The van der Waals surface area contributed by atoms with E-state index in [0.717, 1.165) is 16.9 Å². The molecule has 9 heteroatoms. The van der Waals surface area contributed by atoms with Crippen LogP contribution in [-0.4, -0.2) is 35.1 Å². The number of alkyl halides is 3. The number of nitrogens with two attached hydrogens (primary N) is 1. The molecule has 3 rings (SSSR count). The van der Waals surface area contributed by atoms with E-state index in [9.17, 15) is 18.0 Å². The van der Waals surface area contributed by atoms with Gasteiger partial charge in [0.1, 0.15) is 11.8 Å². The number of carbonyl (C=O) groups is 1. The van der Waals surface area contributed by atoms with E-state index in [0.29, 0.717) is 12.2 Å².